The van der Waals surface area contributed by atoms with Crippen LogP contribution in [0.4, 0.5) is 5.82 Å². The molecule has 7 nitrogen and oxygen atoms in total. The van der Waals surface area contributed by atoms with Crippen LogP contribution in [0.25, 0.3) is 21.9 Å². The Bertz CT molecular complexity index is 1400. The first-order valence-corrected chi connectivity index (χ1v) is 11.3. The van der Waals surface area contributed by atoms with E-state index in [4.69, 9.17) is 9.47 Å². The molecule has 178 valence electrons. The van der Waals surface area contributed by atoms with Gasteiger partial charge in [-0.3, -0.25) is 9.69 Å². The number of aliphatic hydroxyl groups is 2. The lowest BCUT2D eigenvalue weighted by atomic mass is 9.89. The van der Waals surface area contributed by atoms with Crippen LogP contribution in [0.1, 0.15) is 11.1 Å². The first kappa shape index (κ1) is 22.8. The van der Waals surface area contributed by atoms with Crippen LogP contribution < -0.4 is 14.4 Å². The Morgan fingerprint density at radius 3 is 2.60 bits per heavy atom. The van der Waals surface area contributed by atoms with Gasteiger partial charge in [-0.25, -0.2) is 4.98 Å². The third-order valence-electron chi connectivity index (χ3n) is 6.59. The van der Waals surface area contributed by atoms with Crippen LogP contribution in [-0.2, 0) is 18.0 Å². The number of pyridine rings is 1. The summed E-state index contributed by atoms with van der Waals surface area (Å²) >= 11 is 0. The molecule has 0 saturated heterocycles. The number of ether oxygens (including phenoxy) is 2. The van der Waals surface area contributed by atoms with E-state index in [1.54, 1.807) is 31.4 Å². The van der Waals surface area contributed by atoms with Gasteiger partial charge in [-0.15, -0.1) is 0 Å². The maximum atomic E-state index is 12.9. The standard InChI is InChI=1S/C28H26N2O5/c1-34-24-10-20-9-21(15-31)23(16-32)28(22(20)13-25(24)35-2)18-7-8-29-26(11-18)30-14-19-6-4-3-5-17(19)12-27(30)33/h3-13,19,31-32H,14-16H2,1-2H3. The molecule has 1 atom stereocenters. The SMILES string of the molecule is COc1cc2cc(CO)c(CO)c(-c3ccnc(N4CC5C=CC=CC5=CC4=O)c3)c2cc1OC. The van der Waals surface area contributed by atoms with Gasteiger partial charge in [0.05, 0.1) is 27.4 Å². The van der Waals surface area contributed by atoms with Crippen molar-refractivity contribution in [2.45, 2.75) is 13.2 Å². The molecule has 35 heavy (non-hydrogen) atoms. The van der Waals surface area contributed by atoms with Crippen molar-refractivity contribution >= 4 is 22.5 Å². The predicted octanol–water partition coefficient (Wildman–Crippen LogP) is 3.92. The normalized spacial score (nSPS) is 16.9. The summed E-state index contributed by atoms with van der Waals surface area (Å²) in [7, 11) is 3.14. The number of allylic oxidation sites excluding steroid dienone is 3. The van der Waals surface area contributed by atoms with Gasteiger partial charge < -0.3 is 19.7 Å². The summed E-state index contributed by atoms with van der Waals surface area (Å²) < 4.78 is 11.0. The summed E-state index contributed by atoms with van der Waals surface area (Å²) in [5.41, 5.74) is 3.74. The zero-order valence-electron chi connectivity index (χ0n) is 19.6. The number of fused-ring (bicyclic) bond motifs is 2. The molecule has 2 aliphatic rings. The minimum absolute atomic E-state index is 0.117. The fraction of sp³-hybridized carbons (Fsp3) is 0.214. The monoisotopic (exact) mass is 470 g/mol. The number of anilines is 1. The second-order valence-corrected chi connectivity index (χ2v) is 8.48. The Hall–Kier alpha value is -3.94. The second-order valence-electron chi connectivity index (χ2n) is 8.48. The lowest BCUT2D eigenvalue weighted by Gasteiger charge is -2.31. The number of aromatic nitrogens is 1. The molecule has 2 aromatic carbocycles. The van der Waals surface area contributed by atoms with Gasteiger partial charge in [-0.05, 0) is 68.9 Å². The molecule has 7 heteroatoms. The molecule has 2 N–H and O–H groups in total. The van der Waals surface area contributed by atoms with Crippen LogP contribution in [0, 0.1) is 5.92 Å². The highest BCUT2D eigenvalue weighted by Gasteiger charge is 2.28. The average molecular weight is 471 g/mol. The molecule has 2 heterocycles. The van der Waals surface area contributed by atoms with Crippen molar-refractivity contribution in [3.05, 3.63) is 83.6 Å². The van der Waals surface area contributed by atoms with Crippen LogP contribution in [0.2, 0.25) is 0 Å². The molecule has 1 amide bonds. The number of amides is 1. The van der Waals surface area contributed by atoms with Crippen LogP contribution in [-0.4, -0.2) is 41.9 Å². The van der Waals surface area contributed by atoms with E-state index in [9.17, 15) is 15.0 Å². The van der Waals surface area contributed by atoms with Gasteiger partial charge in [0, 0.05) is 24.7 Å². The summed E-state index contributed by atoms with van der Waals surface area (Å²) in [5, 5.41) is 22.0. The van der Waals surface area contributed by atoms with E-state index < -0.39 is 0 Å². The van der Waals surface area contributed by atoms with Crippen molar-refractivity contribution in [3.63, 3.8) is 0 Å². The highest BCUT2D eigenvalue weighted by atomic mass is 16.5. The number of methoxy groups -OCH3 is 2. The third kappa shape index (κ3) is 3.99. The van der Waals surface area contributed by atoms with E-state index in [0.717, 1.165) is 27.5 Å². The Morgan fingerprint density at radius 1 is 1.06 bits per heavy atom. The smallest absolute Gasteiger partial charge is 0.252 e. The zero-order valence-corrected chi connectivity index (χ0v) is 19.6. The molecule has 0 radical (unpaired) electrons. The summed E-state index contributed by atoms with van der Waals surface area (Å²) in [4.78, 5) is 19.1. The Balaban J connectivity index is 1.69. The molecule has 3 aromatic rings. The van der Waals surface area contributed by atoms with E-state index in [2.05, 4.69) is 11.1 Å². The van der Waals surface area contributed by atoms with E-state index in [0.29, 0.717) is 35.0 Å². The third-order valence-corrected chi connectivity index (χ3v) is 6.59. The molecule has 0 bridgehead atoms. The number of hydrogen-bond acceptors (Lipinski definition) is 6. The number of rotatable bonds is 6. The second kappa shape index (κ2) is 9.37. The Kier molecular flexibility index (Phi) is 6.11. The lowest BCUT2D eigenvalue weighted by molar-refractivity contribution is -0.114. The number of carbonyl (C=O) groups is 1. The first-order valence-electron chi connectivity index (χ1n) is 11.3. The molecule has 1 aliphatic carbocycles. The van der Waals surface area contributed by atoms with E-state index in [-0.39, 0.29) is 25.0 Å². The molecule has 1 aliphatic heterocycles. The van der Waals surface area contributed by atoms with Crippen molar-refractivity contribution in [1.29, 1.82) is 0 Å². The Labute approximate surface area is 203 Å². The lowest BCUT2D eigenvalue weighted by Crippen LogP contribution is -2.39. The quantitative estimate of drug-likeness (QED) is 0.568. The first-order chi connectivity index (χ1) is 17.1. The molecule has 0 spiro atoms. The summed E-state index contributed by atoms with van der Waals surface area (Å²) in [6, 6.07) is 9.25. The molecular formula is C28H26N2O5. The fourth-order valence-corrected chi connectivity index (χ4v) is 4.84. The summed E-state index contributed by atoms with van der Waals surface area (Å²) in [5.74, 6) is 1.64. The van der Waals surface area contributed by atoms with E-state index >= 15 is 0 Å². The van der Waals surface area contributed by atoms with Gasteiger partial charge in [0.25, 0.3) is 5.91 Å². The number of benzene rings is 2. The zero-order chi connectivity index (χ0) is 24.5. The minimum atomic E-state index is -0.263. The van der Waals surface area contributed by atoms with Crippen molar-refractivity contribution < 1.29 is 24.5 Å². The van der Waals surface area contributed by atoms with Gasteiger partial charge >= 0.3 is 0 Å². The van der Waals surface area contributed by atoms with Crippen molar-refractivity contribution in [2.24, 2.45) is 5.92 Å². The minimum Gasteiger partial charge on any atom is -0.493 e. The van der Waals surface area contributed by atoms with Gasteiger partial charge in [0.1, 0.15) is 5.82 Å². The van der Waals surface area contributed by atoms with Crippen LogP contribution in [0.5, 0.6) is 11.5 Å². The van der Waals surface area contributed by atoms with Crippen LogP contribution in [0.15, 0.2) is 72.5 Å². The summed E-state index contributed by atoms with van der Waals surface area (Å²) in [6.07, 6.45) is 11.3. The highest BCUT2D eigenvalue weighted by molar-refractivity contribution is 6.04. The number of hydrogen-bond donors (Lipinski definition) is 2. The molecule has 1 unspecified atom stereocenters. The van der Waals surface area contributed by atoms with Gasteiger partial charge in [0.15, 0.2) is 11.5 Å². The molecule has 0 saturated carbocycles. The van der Waals surface area contributed by atoms with Crippen LogP contribution in [0.3, 0.4) is 0 Å². The summed E-state index contributed by atoms with van der Waals surface area (Å²) in [6.45, 7) is 0.00319. The number of carbonyl (C=O) groups excluding carboxylic acids is 1. The van der Waals surface area contributed by atoms with Gasteiger partial charge in [-0.1, -0.05) is 24.3 Å². The highest BCUT2D eigenvalue weighted by Crippen LogP contribution is 2.41. The maximum absolute atomic E-state index is 12.9. The van der Waals surface area contributed by atoms with E-state index in [1.807, 2.05) is 48.6 Å². The molecular weight excluding hydrogens is 444 g/mol. The van der Waals surface area contributed by atoms with Crippen LogP contribution >= 0.6 is 0 Å². The van der Waals surface area contributed by atoms with Crippen molar-refractivity contribution in [2.75, 3.05) is 25.7 Å². The van der Waals surface area contributed by atoms with Crippen molar-refractivity contribution in [1.82, 2.24) is 4.98 Å². The largest absolute Gasteiger partial charge is 0.493 e. The maximum Gasteiger partial charge on any atom is 0.252 e. The van der Waals surface area contributed by atoms with Crippen molar-refractivity contribution in [3.8, 4) is 22.6 Å². The molecule has 0 fully saturated rings. The predicted molar refractivity (Wildman–Crippen MR) is 134 cm³/mol. The number of aliphatic hydroxyl groups excluding tert-OH is 2. The van der Waals surface area contributed by atoms with E-state index in [1.165, 1.54) is 0 Å². The van der Waals surface area contributed by atoms with Gasteiger partial charge in [0.2, 0.25) is 0 Å². The molecule has 5 rings (SSSR count). The molecule has 1 aromatic heterocycles. The Morgan fingerprint density at radius 2 is 1.86 bits per heavy atom. The topological polar surface area (TPSA) is 92.1 Å². The number of nitrogens with zero attached hydrogens (tertiary/aromatic N) is 2. The van der Waals surface area contributed by atoms with Gasteiger partial charge in [-0.2, -0.15) is 0 Å². The fourth-order valence-electron chi connectivity index (χ4n) is 4.84. The average Bonchev–Trinajstić information content (AvgIpc) is 2.90.